The molecule has 1 aromatic rings. The highest BCUT2D eigenvalue weighted by molar-refractivity contribution is 5.95. The van der Waals surface area contributed by atoms with Crippen molar-refractivity contribution in [3.05, 3.63) is 41.1 Å². The van der Waals surface area contributed by atoms with Gasteiger partial charge in [-0.3, -0.25) is 4.79 Å². The van der Waals surface area contributed by atoms with Crippen LogP contribution in [0, 0.1) is 5.92 Å². The molecule has 0 saturated heterocycles. The normalized spacial score (nSPS) is 19.1. The van der Waals surface area contributed by atoms with Crippen LogP contribution in [0.1, 0.15) is 50.6 Å². The monoisotopic (exact) mass is 416 g/mol. The van der Waals surface area contributed by atoms with Crippen molar-refractivity contribution < 1.29 is 28.6 Å². The summed E-state index contributed by atoms with van der Waals surface area (Å²) in [6.45, 7) is 1.69. The molecule has 2 amide bonds. The largest absolute Gasteiger partial charge is 0.497 e. The number of benzene rings is 1. The Bertz CT molecular complexity index is 811. The molecule has 1 saturated carbocycles. The highest BCUT2D eigenvalue weighted by atomic mass is 16.5. The van der Waals surface area contributed by atoms with Gasteiger partial charge in [0.1, 0.15) is 12.4 Å². The summed E-state index contributed by atoms with van der Waals surface area (Å²) in [5.74, 6) is 0.103. The molecule has 0 bridgehead atoms. The topological polar surface area (TPSA) is 103 Å². The van der Waals surface area contributed by atoms with Gasteiger partial charge in [-0.05, 0) is 43.4 Å². The Hall–Kier alpha value is -3.03. The smallest absolute Gasteiger partial charge is 0.338 e. The molecule has 1 aromatic carbocycles. The van der Waals surface area contributed by atoms with E-state index < -0.39 is 18.0 Å². The maximum absolute atomic E-state index is 12.7. The van der Waals surface area contributed by atoms with Gasteiger partial charge in [0.05, 0.1) is 31.0 Å². The van der Waals surface area contributed by atoms with Crippen molar-refractivity contribution >= 4 is 18.0 Å². The fourth-order valence-electron chi connectivity index (χ4n) is 3.89. The number of hydrogen-bond donors (Lipinski definition) is 2. The van der Waals surface area contributed by atoms with E-state index in [0.717, 1.165) is 25.7 Å². The van der Waals surface area contributed by atoms with Crippen molar-refractivity contribution in [1.29, 1.82) is 0 Å². The molecule has 1 atom stereocenters. The van der Waals surface area contributed by atoms with E-state index in [4.69, 9.17) is 14.2 Å². The lowest BCUT2D eigenvalue weighted by molar-refractivity contribution is -0.144. The Balaban J connectivity index is 1.82. The van der Waals surface area contributed by atoms with Gasteiger partial charge in [0, 0.05) is 6.42 Å². The Kier molecular flexibility index (Phi) is 7.32. The number of nitrogens with one attached hydrogen (secondary N) is 2. The second kappa shape index (κ2) is 10.1. The Morgan fingerprint density at radius 1 is 1.10 bits per heavy atom. The lowest BCUT2D eigenvalue weighted by Gasteiger charge is -2.29. The maximum atomic E-state index is 12.7. The van der Waals surface area contributed by atoms with E-state index in [0.29, 0.717) is 23.7 Å². The van der Waals surface area contributed by atoms with Crippen molar-refractivity contribution in [3.8, 4) is 5.75 Å². The van der Waals surface area contributed by atoms with E-state index in [1.807, 2.05) is 0 Å². The average Bonchev–Trinajstić information content (AvgIpc) is 3.25. The number of ether oxygens (including phenoxy) is 3. The molecular formula is C22H28N2O6. The second-order valence-electron chi connectivity index (χ2n) is 7.43. The van der Waals surface area contributed by atoms with Crippen molar-refractivity contribution in [1.82, 2.24) is 10.6 Å². The lowest BCUT2D eigenvalue weighted by Crippen LogP contribution is -2.47. The number of urea groups is 1. The van der Waals surface area contributed by atoms with Crippen LogP contribution in [0.5, 0.6) is 5.75 Å². The predicted octanol–water partition coefficient (Wildman–Crippen LogP) is 2.99. The first-order valence-electron chi connectivity index (χ1n) is 10.3. The van der Waals surface area contributed by atoms with E-state index in [2.05, 4.69) is 10.6 Å². The number of carbonyl (C=O) groups is 3. The van der Waals surface area contributed by atoms with Crippen LogP contribution in [0.4, 0.5) is 4.79 Å². The second-order valence-corrected chi connectivity index (χ2v) is 7.43. The summed E-state index contributed by atoms with van der Waals surface area (Å²) in [5.41, 5.74) is 1.14. The minimum atomic E-state index is -0.729. The number of carbonyl (C=O) groups excluding carboxylic acids is 3. The molecule has 2 aliphatic rings. The molecule has 8 nitrogen and oxygen atoms in total. The summed E-state index contributed by atoms with van der Waals surface area (Å²) >= 11 is 0. The highest BCUT2D eigenvalue weighted by Crippen LogP contribution is 2.30. The fourth-order valence-corrected chi connectivity index (χ4v) is 3.89. The minimum absolute atomic E-state index is 0.181. The Morgan fingerprint density at radius 2 is 1.80 bits per heavy atom. The van der Waals surface area contributed by atoms with E-state index in [9.17, 15) is 14.4 Å². The van der Waals surface area contributed by atoms with Gasteiger partial charge in [-0.1, -0.05) is 25.0 Å². The van der Waals surface area contributed by atoms with Gasteiger partial charge in [0.25, 0.3) is 0 Å². The van der Waals surface area contributed by atoms with E-state index in [-0.39, 0.29) is 30.5 Å². The van der Waals surface area contributed by atoms with Crippen LogP contribution < -0.4 is 15.4 Å². The van der Waals surface area contributed by atoms with Gasteiger partial charge in [0.15, 0.2) is 0 Å². The van der Waals surface area contributed by atoms with Crippen LogP contribution in [-0.4, -0.2) is 38.3 Å². The summed E-state index contributed by atoms with van der Waals surface area (Å²) in [5, 5.41) is 5.35. The van der Waals surface area contributed by atoms with Crippen molar-refractivity contribution in [3.63, 3.8) is 0 Å². The van der Waals surface area contributed by atoms with Gasteiger partial charge >= 0.3 is 18.0 Å². The molecule has 1 aliphatic heterocycles. The summed E-state index contributed by atoms with van der Waals surface area (Å²) in [6.07, 6.45) is 4.71. The molecule has 1 fully saturated rings. The number of rotatable bonds is 8. The molecule has 3 rings (SSSR count). The molecule has 30 heavy (non-hydrogen) atoms. The van der Waals surface area contributed by atoms with Crippen molar-refractivity contribution in [2.75, 3.05) is 20.3 Å². The van der Waals surface area contributed by atoms with Crippen LogP contribution in [0.15, 0.2) is 35.5 Å². The van der Waals surface area contributed by atoms with E-state index in [1.54, 1.807) is 38.3 Å². The summed E-state index contributed by atoms with van der Waals surface area (Å²) < 4.78 is 15.8. The summed E-state index contributed by atoms with van der Waals surface area (Å²) in [4.78, 5) is 37.2. The third-order valence-electron chi connectivity index (χ3n) is 5.41. The standard InChI is InChI=1S/C22H28N2O6/c1-3-29-21(26)19-17(13-30-18(25)12-14-6-4-5-7-14)23-22(27)24-20(19)15-8-10-16(28-2)11-9-15/h8-11,14,20H,3-7,12-13H2,1-2H3,(H2,23,24,27)/t20-/m1/s1. The fraction of sp³-hybridized carbons (Fsp3) is 0.500. The molecule has 0 unspecified atom stereocenters. The first-order valence-corrected chi connectivity index (χ1v) is 10.3. The summed E-state index contributed by atoms with van der Waals surface area (Å²) in [6, 6.07) is 5.80. The molecular weight excluding hydrogens is 388 g/mol. The molecule has 0 aromatic heterocycles. The predicted molar refractivity (Wildman–Crippen MR) is 109 cm³/mol. The first kappa shape index (κ1) is 21.7. The van der Waals surface area contributed by atoms with Crippen LogP contribution in [0.25, 0.3) is 0 Å². The molecule has 1 heterocycles. The average molecular weight is 416 g/mol. The van der Waals surface area contributed by atoms with E-state index in [1.165, 1.54) is 0 Å². The minimum Gasteiger partial charge on any atom is -0.497 e. The molecule has 0 radical (unpaired) electrons. The molecule has 1 aliphatic carbocycles. The van der Waals surface area contributed by atoms with Crippen LogP contribution in [0.2, 0.25) is 0 Å². The zero-order chi connectivity index (χ0) is 21.5. The van der Waals surface area contributed by atoms with Crippen LogP contribution in [-0.2, 0) is 19.1 Å². The molecule has 2 N–H and O–H groups in total. The zero-order valence-corrected chi connectivity index (χ0v) is 17.4. The van der Waals surface area contributed by atoms with Gasteiger partial charge in [-0.15, -0.1) is 0 Å². The number of amides is 2. The van der Waals surface area contributed by atoms with Crippen molar-refractivity contribution in [2.24, 2.45) is 5.92 Å². The van der Waals surface area contributed by atoms with Gasteiger partial charge in [-0.25, -0.2) is 9.59 Å². The number of hydrogen-bond acceptors (Lipinski definition) is 6. The van der Waals surface area contributed by atoms with Gasteiger partial charge in [0.2, 0.25) is 0 Å². The SMILES string of the molecule is CCOC(=O)C1=C(COC(=O)CC2CCCC2)NC(=O)N[C@@H]1c1ccc(OC)cc1. The Morgan fingerprint density at radius 3 is 2.43 bits per heavy atom. The lowest BCUT2D eigenvalue weighted by atomic mass is 9.95. The maximum Gasteiger partial charge on any atom is 0.338 e. The van der Waals surface area contributed by atoms with Gasteiger partial charge in [-0.2, -0.15) is 0 Å². The van der Waals surface area contributed by atoms with Gasteiger partial charge < -0.3 is 24.8 Å². The van der Waals surface area contributed by atoms with E-state index >= 15 is 0 Å². The quantitative estimate of drug-likeness (QED) is 0.632. The first-order chi connectivity index (χ1) is 14.5. The Labute approximate surface area is 175 Å². The molecule has 0 spiro atoms. The van der Waals surface area contributed by atoms with Crippen molar-refractivity contribution in [2.45, 2.75) is 45.1 Å². The highest BCUT2D eigenvalue weighted by Gasteiger charge is 2.34. The number of methoxy groups -OCH3 is 1. The summed E-state index contributed by atoms with van der Waals surface area (Å²) in [7, 11) is 1.56. The van der Waals surface area contributed by atoms with Crippen LogP contribution >= 0.6 is 0 Å². The third kappa shape index (κ3) is 5.31. The molecule has 162 valence electrons. The zero-order valence-electron chi connectivity index (χ0n) is 17.4. The number of esters is 2. The molecule has 8 heteroatoms. The third-order valence-corrected chi connectivity index (χ3v) is 5.41. The van der Waals surface area contributed by atoms with Crippen LogP contribution in [0.3, 0.4) is 0 Å².